The summed E-state index contributed by atoms with van der Waals surface area (Å²) in [5.41, 5.74) is 1.99. The van der Waals surface area contributed by atoms with Gasteiger partial charge in [0, 0.05) is 13.0 Å². The van der Waals surface area contributed by atoms with Gasteiger partial charge in [-0.2, -0.15) is 5.10 Å². The number of aliphatic hydroxyl groups excluding tert-OH is 1. The second kappa shape index (κ2) is 6.73. The Labute approximate surface area is 141 Å². The van der Waals surface area contributed by atoms with Crippen molar-refractivity contribution in [1.82, 2.24) is 24.3 Å². The number of hydrogen-bond donors (Lipinski definition) is 1. The molecule has 1 N–H and O–H groups in total. The summed E-state index contributed by atoms with van der Waals surface area (Å²) in [6, 6.07) is 8.50. The van der Waals surface area contributed by atoms with Gasteiger partial charge in [0.1, 0.15) is 24.6 Å². The lowest BCUT2D eigenvalue weighted by molar-refractivity contribution is 0.265. The van der Waals surface area contributed by atoms with Gasteiger partial charge in [0.15, 0.2) is 0 Å². The van der Waals surface area contributed by atoms with E-state index in [0.717, 1.165) is 29.8 Å². The fraction of sp³-hybridized carbons (Fsp3) is 0.500. The molecule has 0 amide bonds. The van der Waals surface area contributed by atoms with E-state index in [1.807, 2.05) is 24.3 Å². The van der Waals surface area contributed by atoms with Crippen LogP contribution >= 0.6 is 0 Å². The summed E-state index contributed by atoms with van der Waals surface area (Å²) in [6.45, 7) is 0.700. The average Bonchev–Trinajstić information content (AvgIpc) is 3.24. The third-order valence-corrected chi connectivity index (χ3v) is 5.00. The largest absolute Gasteiger partial charge is 0.388 e. The first kappa shape index (κ1) is 15.3. The molecule has 2 heterocycles. The van der Waals surface area contributed by atoms with Crippen LogP contribution in [0.1, 0.15) is 49.8 Å². The fourth-order valence-corrected chi connectivity index (χ4v) is 3.79. The number of hydrogen-bond acceptors (Lipinski definition) is 4. The van der Waals surface area contributed by atoms with Crippen molar-refractivity contribution in [3.05, 3.63) is 42.2 Å². The third-order valence-electron chi connectivity index (χ3n) is 5.00. The smallest absolute Gasteiger partial charge is 0.138 e. The molecule has 0 spiro atoms. The van der Waals surface area contributed by atoms with E-state index in [1.165, 1.54) is 32.1 Å². The summed E-state index contributed by atoms with van der Waals surface area (Å²) in [5.74, 6) is 1.74. The van der Waals surface area contributed by atoms with Gasteiger partial charge < -0.3 is 9.67 Å². The zero-order chi connectivity index (χ0) is 16.4. The molecule has 0 aliphatic heterocycles. The van der Waals surface area contributed by atoms with Gasteiger partial charge in [0.2, 0.25) is 0 Å². The lowest BCUT2D eigenvalue weighted by Crippen LogP contribution is -2.18. The van der Waals surface area contributed by atoms with Crippen LogP contribution in [0.25, 0.3) is 11.0 Å². The zero-order valence-electron chi connectivity index (χ0n) is 13.8. The van der Waals surface area contributed by atoms with Gasteiger partial charge in [-0.05, 0) is 25.0 Å². The van der Waals surface area contributed by atoms with Crippen LogP contribution in [0, 0.1) is 0 Å². The molecule has 1 aliphatic carbocycles. The van der Waals surface area contributed by atoms with E-state index < -0.39 is 0 Å². The highest BCUT2D eigenvalue weighted by atomic mass is 16.3. The lowest BCUT2D eigenvalue weighted by atomic mass is 9.95. The first-order chi connectivity index (χ1) is 11.9. The molecule has 0 bridgehead atoms. The van der Waals surface area contributed by atoms with Crippen LogP contribution in [-0.2, 0) is 19.6 Å². The molecule has 2 aromatic heterocycles. The molecule has 3 aromatic rings. The number of aliphatic hydroxyl groups is 1. The lowest BCUT2D eigenvalue weighted by Gasteiger charge is -2.23. The second-order valence-electron chi connectivity index (χ2n) is 6.49. The number of nitrogens with zero attached hydrogens (tertiary/aromatic N) is 5. The first-order valence-electron chi connectivity index (χ1n) is 8.80. The monoisotopic (exact) mass is 325 g/mol. The minimum atomic E-state index is -0.0516. The van der Waals surface area contributed by atoms with E-state index in [0.29, 0.717) is 11.9 Å². The molecule has 6 heteroatoms. The number of aryl methyl sites for hydroxylation is 2. The summed E-state index contributed by atoms with van der Waals surface area (Å²) in [6.07, 6.45) is 8.77. The Morgan fingerprint density at radius 1 is 1.08 bits per heavy atom. The van der Waals surface area contributed by atoms with Crippen LogP contribution in [-0.4, -0.2) is 29.4 Å². The highest BCUT2D eigenvalue weighted by Crippen LogP contribution is 2.28. The summed E-state index contributed by atoms with van der Waals surface area (Å²) in [4.78, 5) is 9.00. The first-order valence-corrected chi connectivity index (χ1v) is 8.80. The number of aromatic nitrogens is 5. The summed E-state index contributed by atoms with van der Waals surface area (Å²) < 4.78 is 4.21. The molecule has 0 unspecified atom stereocenters. The summed E-state index contributed by atoms with van der Waals surface area (Å²) in [7, 11) is 0. The topological polar surface area (TPSA) is 68.8 Å². The van der Waals surface area contributed by atoms with E-state index in [-0.39, 0.29) is 6.61 Å². The number of benzene rings is 1. The predicted octanol–water partition coefficient (Wildman–Crippen LogP) is 2.87. The van der Waals surface area contributed by atoms with Crippen LogP contribution in [0.2, 0.25) is 0 Å². The van der Waals surface area contributed by atoms with Crippen molar-refractivity contribution in [2.75, 3.05) is 0 Å². The Kier molecular flexibility index (Phi) is 4.30. The average molecular weight is 325 g/mol. The Morgan fingerprint density at radius 2 is 1.92 bits per heavy atom. The van der Waals surface area contributed by atoms with Crippen molar-refractivity contribution in [3.63, 3.8) is 0 Å². The molecule has 0 atom stereocenters. The van der Waals surface area contributed by atoms with Gasteiger partial charge in [-0.25, -0.2) is 14.6 Å². The molecule has 1 saturated carbocycles. The summed E-state index contributed by atoms with van der Waals surface area (Å²) >= 11 is 0. The number of fused-ring (bicyclic) bond motifs is 1. The van der Waals surface area contributed by atoms with Gasteiger partial charge in [-0.3, -0.25) is 0 Å². The molecule has 6 nitrogen and oxygen atoms in total. The van der Waals surface area contributed by atoms with E-state index in [4.69, 9.17) is 0 Å². The molecule has 0 saturated heterocycles. The van der Waals surface area contributed by atoms with E-state index in [1.54, 1.807) is 6.33 Å². The molecular weight excluding hydrogens is 302 g/mol. The quantitative estimate of drug-likeness (QED) is 0.783. The number of para-hydroxylation sites is 2. The van der Waals surface area contributed by atoms with Crippen molar-refractivity contribution in [2.24, 2.45) is 0 Å². The maximum absolute atomic E-state index is 9.62. The normalized spacial score (nSPS) is 16.0. The van der Waals surface area contributed by atoms with Crippen molar-refractivity contribution in [3.8, 4) is 0 Å². The van der Waals surface area contributed by atoms with Gasteiger partial charge >= 0.3 is 0 Å². The maximum Gasteiger partial charge on any atom is 0.138 e. The second-order valence-corrected chi connectivity index (χ2v) is 6.49. The Balaban J connectivity index is 1.57. The summed E-state index contributed by atoms with van der Waals surface area (Å²) in [5, 5.41) is 14.1. The minimum Gasteiger partial charge on any atom is -0.388 e. The molecule has 0 radical (unpaired) electrons. The molecule has 1 aromatic carbocycles. The van der Waals surface area contributed by atoms with Crippen LogP contribution in [0.4, 0.5) is 0 Å². The standard InChI is InChI=1S/C18H23N5O/c24-12-18-21-15-8-4-5-9-16(15)22(18)11-10-17-19-13-20-23(17)14-6-2-1-3-7-14/h4-5,8-9,13-14,24H,1-3,6-7,10-12H2. The predicted molar refractivity (Wildman–Crippen MR) is 91.5 cm³/mol. The number of imidazole rings is 1. The van der Waals surface area contributed by atoms with Gasteiger partial charge in [-0.15, -0.1) is 0 Å². The van der Waals surface area contributed by atoms with Crippen molar-refractivity contribution in [2.45, 2.75) is 57.7 Å². The van der Waals surface area contributed by atoms with E-state index in [9.17, 15) is 5.11 Å². The van der Waals surface area contributed by atoms with Gasteiger partial charge in [-0.1, -0.05) is 31.4 Å². The molecular formula is C18H23N5O. The van der Waals surface area contributed by atoms with Crippen LogP contribution in [0.5, 0.6) is 0 Å². The molecule has 24 heavy (non-hydrogen) atoms. The highest BCUT2D eigenvalue weighted by molar-refractivity contribution is 5.75. The highest BCUT2D eigenvalue weighted by Gasteiger charge is 2.19. The van der Waals surface area contributed by atoms with E-state index in [2.05, 4.69) is 24.3 Å². The Bertz CT molecular complexity index is 816. The van der Waals surface area contributed by atoms with Crippen LogP contribution in [0.15, 0.2) is 30.6 Å². The third kappa shape index (κ3) is 2.82. The van der Waals surface area contributed by atoms with Gasteiger partial charge in [0.05, 0.1) is 17.1 Å². The minimum absolute atomic E-state index is 0.0516. The SMILES string of the molecule is OCc1nc2ccccc2n1CCc1ncnn1C1CCCCC1. The fourth-order valence-electron chi connectivity index (χ4n) is 3.79. The van der Waals surface area contributed by atoms with Gasteiger partial charge in [0.25, 0.3) is 0 Å². The van der Waals surface area contributed by atoms with Crippen LogP contribution in [0.3, 0.4) is 0 Å². The molecule has 4 rings (SSSR count). The van der Waals surface area contributed by atoms with Crippen molar-refractivity contribution < 1.29 is 5.11 Å². The Morgan fingerprint density at radius 3 is 2.75 bits per heavy atom. The maximum atomic E-state index is 9.62. The molecule has 1 aliphatic rings. The zero-order valence-corrected chi connectivity index (χ0v) is 13.8. The molecule has 1 fully saturated rings. The van der Waals surface area contributed by atoms with E-state index >= 15 is 0 Å². The van der Waals surface area contributed by atoms with Crippen LogP contribution < -0.4 is 0 Å². The van der Waals surface area contributed by atoms with Crippen molar-refractivity contribution >= 4 is 11.0 Å². The van der Waals surface area contributed by atoms with Crippen molar-refractivity contribution in [1.29, 1.82) is 0 Å². The number of rotatable bonds is 5. The Hall–Kier alpha value is -2.21. The molecule has 126 valence electrons.